The minimum atomic E-state index is -0.576. The number of carbonyl (C=O) groups excluding carboxylic acids is 2. The predicted molar refractivity (Wildman–Crippen MR) is 119 cm³/mol. The van der Waals surface area contributed by atoms with Gasteiger partial charge in [-0.25, -0.2) is 4.79 Å². The van der Waals surface area contributed by atoms with Gasteiger partial charge in [-0.15, -0.1) is 0 Å². The van der Waals surface area contributed by atoms with Gasteiger partial charge in [0.2, 0.25) is 0 Å². The van der Waals surface area contributed by atoms with Crippen LogP contribution in [0.3, 0.4) is 0 Å². The monoisotopic (exact) mass is 425 g/mol. The average Bonchev–Trinajstić information content (AvgIpc) is 2.98. The molecule has 0 aliphatic rings. The molecule has 0 aliphatic carbocycles. The summed E-state index contributed by atoms with van der Waals surface area (Å²) in [6, 6.07) is 11.1. The topological polar surface area (TPSA) is 57.5 Å². The number of benzene rings is 2. The van der Waals surface area contributed by atoms with Crippen molar-refractivity contribution in [2.24, 2.45) is 0 Å². The van der Waals surface area contributed by atoms with E-state index in [1.54, 1.807) is 25.1 Å². The summed E-state index contributed by atoms with van der Waals surface area (Å²) < 4.78 is 12.9. The van der Waals surface area contributed by atoms with Crippen molar-refractivity contribution in [2.45, 2.75) is 33.4 Å². The van der Waals surface area contributed by atoms with Gasteiger partial charge in [0.15, 0.2) is 12.4 Å². The van der Waals surface area contributed by atoms with Crippen LogP contribution in [0.2, 0.25) is 5.02 Å². The molecule has 3 aromatic rings. The maximum absolute atomic E-state index is 12.2. The van der Waals surface area contributed by atoms with Crippen LogP contribution in [0.25, 0.3) is 10.9 Å². The van der Waals surface area contributed by atoms with Gasteiger partial charge in [-0.05, 0) is 56.2 Å². The lowest BCUT2D eigenvalue weighted by Crippen LogP contribution is -2.13. The van der Waals surface area contributed by atoms with E-state index in [2.05, 4.69) is 11.1 Å². The number of nitrogens with zero attached hydrogens (tertiary/aromatic N) is 1. The van der Waals surface area contributed by atoms with Crippen LogP contribution in [0.15, 0.2) is 49.1 Å². The molecule has 0 unspecified atom stereocenters. The van der Waals surface area contributed by atoms with E-state index in [9.17, 15) is 9.59 Å². The number of aldehydes is 1. The molecule has 0 radical (unpaired) electrons. The van der Waals surface area contributed by atoms with Gasteiger partial charge in [0.05, 0.1) is 10.6 Å². The van der Waals surface area contributed by atoms with Crippen LogP contribution in [-0.2, 0) is 16.1 Å². The number of esters is 1. The van der Waals surface area contributed by atoms with Crippen LogP contribution in [-0.4, -0.2) is 29.5 Å². The lowest BCUT2D eigenvalue weighted by Gasteiger charge is -2.15. The van der Waals surface area contributed by atoms with Crippen molar-refractivity contribution in [3.05, 3.63) is 76.5 Å². The summed E-state index contributed by atoms with van der Waals surface area (Å²) in [7, 11) is 0. The van der Waals surface area contributed by atoms with E-state index in [4.69, 9.17) is 21.1 Å². The molecule has 0 amide bonds. The molecule has 30 heavy (non-hydrogen) atoms. The number of ether oxygens (including phenoxy) is 2. The first-order chi connectivity index (χ1) is 14.4. The van der Waals surface area contributed by atoms with Crippen LogP contribution in [0.5, 0.6) is 5.75 Å². The van der Waals surface area contributed by atoms with E-state index >= 15 is 0 Å². The predicted octanol–water partition coefficient (Wildman–Crippen LogP) is 5.27. The van der Waals surface area contributed by atoms with Gasteiger partial charge in [-0.1, -0.05) is 36.4 Å². The number of aromatic nitrogens is 1. The first-order valence-electron chi connectivity index (χ1n) is 9.64. The maximum atomic E-state index is 12.2. The van der Waals surface area contributed by atoms with E-state index in [1.165, 1.54) is 0 Å². The van der Waals surface area contributed by atoms with Crippen LogP contribution in [0.1, 0.15) is 34.1 Å². The van der Waals surface area contributed by atoms with Crippen molar-refractivity contribution >= 4 is 34.8 Å². The molecule has 0 saturated carbocycles. The largest absolute Gasteiger partial charge is 0.482 e. The van der Waals surface area contributed by atoms with Crippen LogP contribution < -0.4 is 4.74 Å². The van der Waals surface area contributed by atoms with E-state index < -0.39 is 6.10 Å². The van der Waals surface area contributed by atoms with Crippen molar-refractivity contribution in [3.8, 4) is 5.75 Å². The molecule has 2 aromatic carbocycles. The fourth-order valence-corrected chi connectivity index (χ4v) is 3.60. The molecule has 0 bridgehead atoms. The normalized spacial score (nSPS) is 11.9. The Hall–Kier alpha value is -3.05. The van der Waals surface area contributed by atoms with Crippen LogP contribution in [0, 0.1) is 13.8 Å². The number of aryl methyl sites for hydroxylation is 1. The average molecular weight is 426 g/mol. The first-order valence-corrected chi connectivity index (χ1v) is 10.0. The van der Waals surface area contributed by atoms with E-state index in [1.807, 2.05) is 38.1 Å². The van der Waals surface area contributed by atoms with Crippen LogP contribution >= 0.6 is 11.6 Å². The Kier molecular flexibility index (Phi) is 6.63. The quantitative estimate of drug-likeness (QED) is 0.280. The van der Waals surface area contributed by atoms with Gasteiger partial charge >= 0.3 is 5.97 Å². The van der Waals surface area contributed by atoms with Gasteiger partial charge in [0.1, 0.15) is 12.4 Å². The zero-order valence-corrected chi connectivity index (χ0v) is 18.0. The van der Waals surface area contributed by atoms with E-state index in [-0.39, 0.29) is 12.6 Å². The smallest absolute Gasteiger partial charge is 0.338 e. The van der Waals surface area contributed by atoms with Crippen molar-refractivity contribution in [2.75, 3.05) is 6.61 Å². The zero-order valence-electron chi connectivity index (χ0n) is 17.3. The fraction of sp³-hybridized carbons (Fsp3) is 0.250. The molecule has 1 atom stereocenters. The molecule has 6 heteroatoms. The molecule has 0 spiro atoms. The molecule has 0 aliphatic heterocycles. The minimum Gasteiger partial charge on any atom is -0.482 e. The highest BCUT2D eigenvalue weighted by Gasteiger charge is 2.17. The van der Waals surface area contributed by atoms with Gasteiger partial charge < -0.3 is 14.0 Å². The van der Waals surface area contributed by atoms with Gasteiger partial charge in [0.25, 0.3) is 0 Å². The molecular weight excluding hydrogens is 402 g/mol. The molecule has 5 nitrogen and oxygen atoms in total. The summed E-state index contributed by atoms with van der Waals surface area (Å²) >= 11 is 6.56. The molecule has 1 heterocycles. The van der Waals surface area contributed by atoms with E-state index in [0.717, 1.165) is 34.0 Å². The van der Waals surface area contributed by atoms with Crippen molar-refractivity contribution < 1.29 is 19.1 Å². The first kappa shape index (κ1) is 21.7. The Balaban J connectivity index is 1.98. The summed E-state index contributed by atoms with van der Waals surface area (Å²) in [5, 5.41) is 1.47. The highest BCUT2D eigenvalue weighted by molar-refractivity contribution is 6.32. The van der Waals surface area contributed by atoms with Crippen molar-refractivity contribution in [1.29, 1.82) is 0 Å². The summed E-state index contributed by atoms with van der Waals surface area (Å²) in [5.41, 5.74) is 4.53. The molecule has 1 aromatic heterocycles. The fourth-order valence-electron chi connectivity index (χ4n) is 3.37. The molecule has 0 saturated heterocycles. The molecule has 0 fully saturated rings. The minimum absolute atomic E-state index is 0.176. The third kappa shape index (κ3) is 4.26. The maximum Gasteiger partial charge on any atom is 0.338 e. The lowest BCUT2D eigenvalue weighted by molar-refractivity contribution is -0.113. The molecule has 156 valence electrons. The third-order valence-corrected chi connectivity index (χ3v) is 5.51. The number of fused-ring (bicyclic) bond motifs is 1. The van der Waals surface area contributed by atoms with Gasteiger partial charge in [-0.2, -0.15) is 0 Å². The summed E-state index contributed by atoms with van der Waals surface area (Å²) in [4.78, 5) is 23.1. The lowest BCUT2D eigenvalue weighted by atomic mass is 10.1. The second kappa shape index (κ2) is 9.18. The molecule has 3 rings (SSSR count). The highest BCUT2D eigenvalue weighted by Crippen LogP contribution is 2.32. The SMILES string of the molecule is C=CCOC(=O)c1ccc2c(c1)c(C)c(C)n2Cc1cccc(O[C@H](C)C=O)c1Cl. The Labute approximate surface area is 180 Å². The number of hydrogen-bond acceptors (Lipinski definition) is 4. The summed E-state index contributed by atoms with van der Waals surface area (Å²) in [6.45, 7) is 10.00. The van der Waals surface area contributed by atoms with Crippen molar-refractivity contribution in [3.63, 3.8) is 0 Å². The van der Waals surface area contributed by atoms with Crippen LogP contribution in [0.4, 0.5) is 0 Å². The van der Waals surface area contributed by atoms with E-state index in [0.29, 0.717) is 22.9 Å². The number of halogens is 1. The highest BCUT2D eigenvalue weighted by atomic mass is 35.5. The van der Waals surface area contributed by atoms with Gasteiger partial charge in [-0.3, -0.25) is 4.79 Å². The zero-order chi connectivity index (χ0) is 21.8. The summed E-state index contributed by atoms with van der Waals surface area (Å²) in [6.07, 6.45) is 1.70. The number of carbonyl (C=O) groups is 2. The summed E-state index contributed by atoms with van der Waals surface area (Å²) in [5.74, 6) is 0.102. The Morgan fingerprint density at radius 1 is 1.27 bits per heavy atom. The third-order valence-electron chi connectivity index (χ3n) is 5.08. The Morgan fingerprint density at radius 3 is 2.73 bits per heavy atom. The Bertz CT molecular complexity index is 1120. The Morgan fingerprint density at radius 2 is 2.03 bits per heavy atom. The number of hydrogen-bond donors (Lipinski definition) is 0. The van der Waals surface area contributed by atoms with Gasteiger partial charge in [0, 0.05) is 23.1 Å². The standard InChI is InChI=1S/C24H24ClNO4/c1-5-11-29-24(28)18-9-10-21-20(12-18)16(3)17(4)26(21)13-19-7-6-8-22(23(19)25)30-15(2)14-27/h5-10,12,14-15H,1,11,13H2,2-4H3/t15-/m1/s1. The second-order valence-electron chi connectivity index (χ2n) is 7.10. The van der Waals surface area contributed by atoms with Crippen molar-refractivity contribution in [1.82, 2.24) is 4.57 Å². The molecular formula is C24H24ClNO4. The second-order valence-corrected chi connectivity index (χ2v) is 7.48. The number of rotatable bonds is 8. The molecule has 0 N–H and O–H groups in total.